The summed E-state index contributed by atoms with van der Waals surface area (Å²) in [4.78, 5) is 4.98. The fourth-order valence-electron chi connectivity index (χ4n) is 3.48. The van der Waals surface area contributed by atoms with Crippen LogP contribution >= 0.6 is 0 Å². The van der Waals surface area contributed by atoms with E-state index in [-0.39, 0.29) is 0 Å². The molecule has 2 aliphatic heterocycles. The first-order valence-corrected chi connectivity index (χ1v) is 9.16. The van der Waals surface area contributed by atoms with Gasteiger partial charge < -0.3 is 4.90 Å². The molecule has 0 aromatic rings. The zero-order chi connectivity index (χ0) is 16.7. The predicted molar refractivity (Wildman–Crippen MR) is 99.0 cm³/mol. The van der Waals surface area contributed by atoms with Crippen molar-refractivity contribution in [3.63, 3.8) is 0 Å². The average molecular weight is 313 g/mol. The van der Waals surface area contributed by atoms with Crippen molar-refractivity contribution >= 4 is 0 Å². The number of hydrogen-bond donors (Lipinski definition) is 0. The summed E-state index contributed by atoms with van der Waals surface area (Å²) < 4.78 is 0. The van der Waals surface area contributed by atoms with Crippen LogP contribution in [-0.2, 0) is 0 Å². The first-order valence-electron chi connectivity index (χ1n) is 9.16. The highest BCUT2D eigenvalue weighted by molar-refractivity contribution is 5.27. The quantitative estimate of drug-likeness (QED) is 0.582. The lowest BCUT2D eigenvalue weighted by Gasteiger charge is -2.32. The number of hydrogen-bond acceptors (Lipinski definition) is 2. The summed E-state index contributed by atoms with van der Waals surface area (Å²) in [5, 5.41) is 0. The van der Waals surface area contributed by atoms with Crippen LogP contribution in [-0.4, -0.2) is 48.6 Å². The molecule has 2 heteroatoms. The summed E-state index contributed by atoms with van der Waals surface area (Å²) in [5.41, 5.74) is 1.34. The zero-order valence-corrected chi connectivity index (χ0v) is 15.2. The van der Waals surface area contributed by atoms with Gasteiger partial charge in [0.15, 0.2) is 0 Å². The van der Waals surface area contributed by atoms with Gasteiger partial charge in [0.25, 0.3) is 0 Å². The smallest absolute Gasteiger partial charge is 0.0611 e. The third-order valence-corrected chi connectivity index (χ3v) is 5.27. The summed E-state index contributed by atoms with van der Waals surface area (Å²) in [5.74, 6) is 14.0. The third-order valence-electron chi connectivity index (χ3n) is 5.27. The van der Waals surface area contributed by atoms with Crippen molar-refractivity contribution in [3.8, 4) is 23.7 Å². The Bertz CT molecular complexity index is 495. The molecular weight excluding hydrogens is 280 g/mol. The van der Waals surface area contributed by atoms with Gasteiger partial charge >= 0.3 is 0 Å². The minimum Gasteiger partial charge on any atom is -0.301 e. The van der Waals surface area contributed by atoms with E-state index in [0.717, 1.165) is 25.6 Å². The number of allylic oxidation sites excluding steroid dienone is 1. The minimum absolute atomic E-state index is 0.547. The van der Waals surface area contributed by atoms with Crippen LogP contribution < -0.4 is 0 Å². The lowest BCUT2D eigenvalue weighted by Crippen LogP contribution is -2.38. The highest BCUT2D eigenvalue weighted by Crippen LogP contribution is 2.22. The fourth-order valence-corrected chi connectivity index (χ4v) is 3.48. The van der Waals surface area contributed by atoms with Gasteiger partial charge in [-0.15, -0.1) is 0 Å². The first-order chi connectivity index (χ1) is 11.1. The van der Waals surface area contributed by atoms with Crippen LogP contribution in [0, 0.1) is 35.5 Å². The number of likely N-dealkylation sites (tertiary alicyclic amines) is 2. The maximum absolute atomic E-state index is 4.08. The molecule has 2 saturated heterocycles. The summed E-state index contributed by atoms with van der Waals surface area (Å²) in [6.45, 7) is 16.3. The molecule has 0 aromatic carbocycles. The van der Waals surface area contributed by atoms with Gasteiger partial charge in [-0.2, -0.15) is 0 Å². The molecule has 0 amide bonds. The summed E-state index contributed by atoms with van der Waals surface area (Å²) in [7, 11) is 0. The van der Waals surface area contributed by atoms with Crippen molar-refractivity contribution in [1.29, 1.82) is 0 Å². The zero-order valence-electron chi connectivity index (χ0n) is 15.2. The molecule has 0 radical (unpaired) electrons. The van der Waals surface area contributed by atoms with Gasteiger partial charge in [0.2, 0.25) is 0 Å². The van der Waals surface area contributed by atoms with Crippen LogP contribution in [0.15, 0.2) is 12.2 Å². The highest BCUT2D eigenvalue weighted by atomic mass is 15.1. The standard InChI is InChI=1S/C21H32N2/c1-18(2)21-11-14-22(15-12-21)13-7-5-6-8-20-9-16-23(17-10-20)19(3)4/h19-21H,1,9-17H2,2-4H3. The largest absolute Gasteiger partial charge is 0.301 e. The van der Waals surface area contributed by atoms with Crippen molar-refractivity contribution < 1.29 is 0 Å². The summed E-state index contributed by atoms with van der Waals surface area (Å²) in [6, 6.07) is 0.665. The van der Waals surface area contributed by atoms with Crippen LogP contribution in [0.4, 0.5) is 0 Å². The predicted octanol–water partition coefficient (Wildman–Crippen LogP) is 3.40. The van der Waals surface area contributed by atoms with Gasteiger partial charge in [0, 0.05) is 12.0 Å². The minimum atomic E-state index is 0.547. The molecule has 126 valence electrons. The van der Waals surface area contributed by atoms with E-state index in [0.29, 0.717) is 12.0 Å². The average Bonchev–Trinajstić information content (AvgIpc) is 2.55. The molecule has 2 heterocycles. The van der Waals surface area contributed by atoms with Gasteiger partial charge in [-0.05, 0) is 90.4 Å². The lowest BCUT2D eigenvalue weighted by atomic mass is 9.91. The molecule has 0 aliphatic carbocycles. The van der Waals surface area contributed by atoms with Crippen molar-refractivity contribution in [2.45, 2.75) is 52.5 Å². The Balaban J connectivity index is 1.66. The molecule has 2 nitrogen and oxygen atoms in total. The summed E-state index contributed by atoms with van der Waals surface area (Å²) in [6.07, 6.45) is 4.86. The van der Waals surface area contributed by atoms with E-state index in [1.54, 1.807) is 0 Å². The van der Waals surface area contributed by atoms with E-state index in [2.05, 4.69) is 60.8 Å². The van der Waals surface area contributed by atoms with Crippen molar-refractivity contribution in [2.75, 3.05) is 32.7 Å². The Labute approximate surface area is 143 Å². The molecule has 0 bridgehead atoms. The fraction of sp³-hybridized carbons (Fsp3) is 0.714. The molecule has 0 spiro atoms. The lowest BCUT2D eigenvalue weighted by molar-refractivity contribution is 0.167. The molecule has 2 rings (SSSR count). The van der Waals surface area contributed by atoms with Crippen LogP contribution in [0.1, 0.15) is 46.5 Å². The number of rotatable bonds is 3. The van der Waals surface area contributed by atoms with Gasteiger partial charge in [-0.1, -0.05) is 24.0 Å². The molecule has 0 unspecified atom stereocenters. The van der Waals surface area contributed by atoms with E-state index in [9.17, 15) is 0 Å². The molecule has 0 saturated carbocycles. The number of nitrogens with zero attached hydrogens (tertiary/aromatic N) is 2. The Morgan fingerprint density at radius 2 is 1.70 bits per heavy atom. The maximum Gasteiger partial charge on any atom is 0.0611 e. The van der Waals surface area contributed by atoms with E-state index in [1.165, 1.54) is 44.3 Å². The van der Waals surface area contributed by atoms with Gasteiger partial charge in [0.05, 0.1) is 6.54 Å². The van der Waals surface area contributed by atoms with Crippen LogP contribution in [0.25, 0.3) is 0 Å². The van der Waals surface area contributed by atoms with Crippen molar-refractivity contribution in [1.82, 2.24) is 9.80 Å². The molecule has 23 heavy (non-hydrogen) atoms. The van der Waals surface area contributed by atoms with E-state index in [1.807, 2.05) is 0 Å². The Morgan fingerprint density at radius 1 is 1.04 bits per heavy atom. The molecular formula is C21H32N2. The normalized spacial score (nSPS) is 21.4. The molecule has 0 atom stereocenters. The second-order valence-corrected chi connectivity index (χ2v) is 7.37. The van der Waals surface area contributed by atoms with E-state index in [4.69, 9.17) is 0 Å². The Kier molecular flexibility index (Phi) is 7.22. The summed E-state index contributed by atoms with van der Waals surface area (Å²) >= 11 is 0. The highest BCUT2D eigenvalue weighted by Gasteiger charge is 2.19. The molecule has 0 aromatic heterocycles. The molecule has 0 N–H and O–H groups in total. The van der Waals surface area contributed by atoms with Crippen molar-refractivity contribution in [2.24, 2.45) is 11.8 Å². The van der Waals surface area contributed by atoms with Crippen molar-refractivity contribution in [3.05, 3.63) is 12.2 Å². The Hall–Kier alpha value is -1.22. The maximum atomic E-state index is 4.08. The first kappa shape index (κ1) is 18.1. The van der Waals surface area contributed by atoms with E-state index >= 15 is 0 Å². The molecule has 2 aliphatic rings. The van der Waals surface area contributed by atoms with Gasteiger partial charge in [-0.25, -0.2) is 0 Å². The van der Waals surface area contributed by atoms with Crippen LogP contribution in [0.2, 0.25) is 0 Å². The number of piperidine rings is 2. The third kappa shape index (κ3) is 6.06. The Morgan fingerprint density at radius 3 is 2.26 bits per heavy atom. The second kappa shape index (κ2) is 9.17. The van der Waals surface area contributed by atoms with Gasteiger partial charge in [0.1, 0.15) is 0 Å². The SMILES string of the molecule is C=C(C)C1CCN(CC#CC#CC2CCN(C(C)C)CC2)CC1. The van der Waals surface area contributed by atoms with Crippen LogP contribution in [0.3, 0.4) is 0 Å². The topological polar surface area (TPSA) is 6.48 Å². The molecule has 2 fully saturated rings. The second-order valence-electron chi connectivity index (χ2n) is 7.37. The van der Waals surface area contributed by atoms with E-state index < -0.39 is 0 Å². The van der Waals surface area contributed by atoms with Gasteiger partial charge in [-0.3, -0.25) is 4.90 Å². The van der Waals surface area contributed by atoms with Crippen LogP contribution in [0.5, 0.6) is 0 Å². The monoisotopic (exact) mass is 312 g/mol.